The molecule has 4 heterocycles. The topological polar surface area (TPSA) is 98.1 Å². The van der Waals surface area contributed by atoms with Crippen LogP contribution < -0.4 is 5.32 Å². The van der Waals surface area contributed by atoms with Crippen molar-refractivity contribution >= 4 is 35.6 Å². The molecule has 182 valence electrons. The van der Waals surface area contributed by atoms with Crippen LogP contribution in [0.25, 0.3) is 0 Å². The van der Waals surface area contributed by atoms with Crippen LogP contribution in [0.3, 0.4) is 0 Å². The summed E-state index contributed by atoms with van der Waals surface area (Å²) < 4.78 is 37.9. The van der Waals surface area contributed by atoms with E-state index in [2.05, 4.69) is 15.3 Å². The number of allylic oxidation sites excluding steroid dienone is 1. The molecular formula is C22H23ClF3N5O3. The molecule has 0 aromatic carbocycles. The van der Waals surface area contributed by atoms with Crippen LogP contribution in [0.4, 0.5) is 23.8 Å². The highest BCUT2D eigenvalue weighted by atomic mass is 35.5. The van der Waals surface area contributed by atoms with Gasteiger partial charge < -0.3 is 14.9 Å². The maximum Gasteiger partial charge on any atom is 0.417 e. The van der Waals surface area contributed by atoms with Crippen LogP contribution in [-0.4, -0.2) is 69.8 Å². The van der Waals surface area contributed by atoms with E-state index < -0.39 is 29.8 Å². The normalized spacial score (nSPS) is 25.6. The summed E-state index contributed by atoms with van der Waals surface area (Å²) in [7, 11) is 0. The average Bonchev–Trinajstić information content (AvgIpc) is 3.06. The van der Waals surface area contributed by atoms with Gasteiger partial charge in [0, 0.05) is 43.5 Å². The van der Waals surface area contributed by atoms with Gasteiger partial charge >= 0.3 is 12.2 Å². The minimum Gasteiger partial charge on any atom is -0.390 e. The van der Waals surface area contributed by atoms with E-state index in [0.717, 1.165) is 17.7 Å². The van der Waals surface area contributed by atoms with Crippen molar-refractivity contribution in [3.8, 4) is 0 Å². The van der Waals surface area contributed by atoms with Crippen molar-refractivity contribution in [2.24, 2.45) is 10.9 Å². The fraction of sp³-hybridized carbons (Fsp3) is 0.455. The number of nitrogens with zero attached hydrogens (tertiary/aromatic N) is 4. The maximum atomic E-state index is 12.6. The Hall–Kier alpha value is -2.92. The van der Waals surface area contributed by atoms with Crippen molar-refractivity contribution in [2.45, 2.75) is 38.1 Å². The van der Waals surface area contributed by atoms with E-state index in [1.807, 2.05) is 6.08 Å². The zero-order chi connectivity index (χ0) is 24.6. The Bertz CT molecular complexity index is 1070. The number of amides is 3. The number of aromatic nitrogens is 1. The summed E-state index contributed by atoms with van der Waals surface area (Å²) in [6.07, 6.45) is -0.159. The lowest BCUT2D eigenvalue weighted by atomic mass is 10.0. The number of rotatable bonds is 3. The van der Waals surface area contributed by atoms with Gasteiger partial charge in [0.2, 0.25) is 5.91 Å². The molecule has 1 aromatic rings. The van der Waals surface area contributed by atoms with Crippen molar-refractivity contribution in [2.75, 3.05) is 25.0 Å². The van der Waals surface area contributed by atoms with Crippen LogP contribution >= 0.6 is 11.6 Å². The van der Waals surface area contributed by atoms with Gasteiger partial charge in [-0.15, -0.1) is 0 Å². The first kappa shape index (κ1) is 24.2. The quantitative estimate of drug-likeness (QED) is 0.668. The molecule has 8 nitrogen and oxygen atoms in total. The van der Waals surface area contributed by atoms with Gasteiger partial charge in [0.15, 0.2) is 0 Å². The highest BCUT2D eigenvalue weighted by Gasteiger charge is 2.40. The van der Waals surface area contributed by atoms with Crippen LogP contribution in [0.1, 0.15) is 25.3 Å². The Kier molecular flexibility index (Phi) is 6.68. The zero-order valence-electron chi connectivity index (χ0n) is 18.2. The first-order valence-corrected chi connectivity index (χ1v) is 11.1. The average molecular weight is 498 g/mol. The van der Waals surface area contributed by atoms with E-state index >= 15 is 0 Å². The summed E-state index contributed by atoms with van der Waals surface area (Å²) in [6, 6.07) is 1.17. The molecule has 1 fully saturated rings. The van der Waals surface area contributed by atoms with Crippen LogP contribution in [0.5, 0.6) is 0 Å². The lowest BCUT2D eigenvalue weighted by Gasteiger charge is -2.30. The minimum absolute atomic E-state index is 0.0253. The van der Waals surface area contributed by atoms with Crippen LogP contribution in [0.2, 0.25) is 0 Å². The summed E-state index contributed by atoms with van der Waals surface area (Å²) >= 11 is 6.50. The molecule has 0 radical (unpaired) electrons. The number of carbonyl (C=O) groups excluding carboxylic acids is 2. The lowest BCUT2D eigenvalue weighted by molar-refractivity contribution is -0.137. The molecule has 0 bridgehead atoms. The largest absolute Gasteiger partial charge is 0.417 e. The number of urea groups is 1. The Morgan fingerprint density at radius 3 is 2.62 bits per heavy atom. The van der Waals surface area contributed by atoms with Gasteiger partial charge in [-0.2, -0.15) is 13.2 Å². The van der Waals surface area contributed by atoms with E-state index in [0.29, 0.717) is 36.3 Å². The number of aliphatic hydroxyl groups is 1. The molecule has 4 rings (SSSR count). The molecule has 3 amide bonds. The monoisotopic (exact) mass is 497 g/mol. The molecule has 0 saturated carbocycles. The van der Waals surface area contributed by atoms with Gasteiger partial charge in [-0.25, -0.2) is 9.78 Å². The van der Waals surface area contributed by atoms with Gasteiger partial charge in [-0.3, -0.25) is 15.1 Å². The third-order valence-electron chi connectivity index (χ3n) is 6.18. The Labute approximate surface area is 198 Å². The molecule has 12 heteroatoms. The second-order valence-electron chi connectivity index (χ2n) is 8.44. The zero-order valence-corrected chi connectivity index (χ0v) is 19.0. The van der Waals surface area contributed by atoms with E-state index in [9.17, 15) is 27.9 Å². The van der Waals surface area contributed by atoms with Crippen LogP contribution in [0.15, 0.2) is 45.7 Å². The van der Waals surface area contributed by atoms with Crippen molar-refractivity contribution in [1.82, 2.24) is 14.8 Å². The van der Waals surface area contributed by atoms with Crippen LogP contribution in [0, 0.1) is 5.92 Å². The fourth-order valence-corrected chi connectivity index (χ4v) is 4.41. The molecule has 3 aliphatic heterocycles. The number of likely N-dealkylation sites (tertiary alicyclic amines) is 1. The smallest absolute Gasteiger partial charge is 0.390 e. The van der Waals surface area contributed by atoms with E-state index in [4.69, 9.17) is 11.6 Å². The standard InChI is InChI=1S/C22H23ClF3N5O3/c1-12-17(32)11-31(20(12)33)15-8-16(23)19(28-10-15)13-4-6-30(7-5-13)21(34)29-18-3-2-14(9-27-18)22(24,25)26/h2-4,9-10,12,15,17,32H,5-8,11H2,1H3,(H,27,29,34). The van der Waals surface area contributed by atoms with Crippen LogP contribution in [-0.2, 0) is 11.0 Å². The van der Waals surface area contributed by atoms with Gasteiger partial charge in [0.05, 0.1) is 29.3 Å². The molecule has 3 aliphatic rings. The van der Waals surface area contributed by atoms with Gasteiger partial charge in [0.25, 0.3) is 0 Å². The number of anilines is 1. The molecule has 34 heavy (non-hydrogen) atoms. The molecule has 3 atom stereocenters. The molecule has 2 N–H and O–H groups in total. The second kappa shape index (κ2) is 9.38. The highest BCUT2D eigenvalue weighted by Crippen LogP contribution is 2.33. The highest BCUT2D eigenvalue weighted by molar-refractivity contribution is 6.30. The first-order chi connectivity index (χ1) is 16.0. The van der Waals surface area contributed by atoms with Crippen molar-refractivity contribution in [3.05, 3.63) is 46.3 Å². The van der Waals surface area contributed by atoms with E-state index in [1.165, 1.54) is 4.90 Å². The van der Waals surface area contributed by atoms with Crippen molar-refractivity contribution in [1.29, 1.82) is 0 Å². The third kappa shape index (κ3) is 4.95. The van der Waals surface area contributed by atoms with Crippen molar-refractivity contribution < 1.29 is 27.9 Å². The molecule has 1 saturated heterocycles. The maximum absolute atomic E-state index is 12.6. The van der Waals surface area contributed by atoms with Gasteiger partial charge in [0.1, 0.15) is 5.82 Å². The number of nitrogens with one attached hydrogen (secondary N) is 1. The SMILES string of the molecule is CC1C(=O)N(C2C=NC(C3=CCN(C(=O)Nc4ccc(C(F)(F)F)cn4)CC3)=C(Cl)C2)CC1O. The minimum atomic E-state index is -4.50. The molecule has 0 spiro atoms. The van der Waals surface area contributed by atoms with Crippen molar-refractivity contribution in [3.63, 3.8) is 0 Å². The number of β-amino-alcohol motifs (C(OH)–C–C–N with tert-alkyl or cyclic N) is 1. The molecular weight excluding hydrogens is 475 g/mol. The fourth-order valence-electron chi connectivity index (χ4n) is 4.08. The summed E-state index contributed by atoms with van der Waals surface area (Å²) in [6.45, 7) is 2.57. The first-order valence-electron chi connectivity index (χ1n) is 10.7. The number of halogens is 4. The number of hydrogen-bond donors (Lipinski definition) is 2. The second-order valence-corrected chi connectivity index (χ2v) is 8.89. The molecule has 3 unspecified atom stereocenters. The number of carbonyl (C=O) groups is 2. The number of hydrogen-bond acceptors (Lipinski definition) is 5. The van der Waals surface area contributed by atoms with Gasteiger partial charge in [-0.05, 0) is 24.1 Å². The summed E-state index contributed by atoms with van der Waals surface area (Å²) in [5, 5.41) is 13.0. The summed E-state index contributed by atoms with van der Waals surface area (Å²) in [5.41, 5.74) is 0.594. The predicted octanol–water partition coefficient (Wildman–Crippen LogP) is 3.40. The van der Waals surface area contributed by atoms with E-state index in [1.54, 1.807) is 18.0 Å². The Balaban J connectivity index is 1.35. The number of aliphatic imine (C=N–C) groups is 1. The lowest BCUT2D eigenvalue weighted by Crippen LogP contribution is -2.40. The number of alkyl halides is 3. The summed E-state index contributed by atoms with van der Waals surface area (Å²) in [5.74, 6) is -0.552. The van der Waals surface area contributed by atoms with E-state index in [-0.39, 0.29) is 30.9 Å². The number of pyridine rings is 1. The third-order valence-corrected chi connectivity index (χ3v) is 6.51. The predicted molar refractivity (Wildman–Crippen MR) is 119 cm³/mol. The number of aliphatic hydroxyl groups excluding tert-OH is 1. The Morgan fingerprint density at radius 1 is 1.32 bits per heavy atom. The molecule has 0 aliphatic carbocycles. The Morgan fingerprint density at radius 2 is 2.09 bits per heavy atom. The summed E-state index contributed by atoms with van der Waals surface area (Å²) in [4.78, 5) is 36.0. The van der Waals surface area contributed by atoms with Gasteiger partial charge in [-0.1, -0.05) is 24.6 Å². The molecule has 1 aromatic heterocycles.